The van der Waals surface area contributed by atoms with Crippen LogP contribution < -0.4 is 5.32 Å². The van der Waals surface area contributed by atoms with Crippen LogP contribution in [0.4, 0.5) is 5.69 Å². The first-order chi connectivity index (χ1) is 11.0. The van der Waals surface area contributed by atoms with E-state index >= 15 is 0 Å². The van der Waals surface area contributed by atoms with E-state index in [0.29, 0.717) is 16.8 Å². The molecule has 0 saturated heterocycles. The number of hydrogen-bond donors (Lipinski definition) is 3. The predicted octanol–water partition coefficient (Wildman–Crippen LogP) is 1.36. The molecule has 2 rings (SSSR count). The first-order valence-corrected chi connectivity index (χ1v) is 7.27. The first-order valence-electron chi connectivity index (χ1n) is 6.20. The Bertz CT molecular complexity index is 719. The van der Waals surface area contributed by atoms with Crippen molar-refractivity contribution in [3.63, 3.8) is 0 Å². The van der Waals surface area contributed by atoms with Gasteiger partial charge in [-0.25, -0.2) is 0 Å². The molecular weight excluding hydrogens is 345 g/mol. The second-order valence-electron chi connectivity index (χ2n) is 4.08. The van der Waals surface area contributed by atoms with E-state index in [2.05, 4.69) is 5.32 Å². The van der Waals surface area contributed by atoms with Gasteiger partial charge in [-0.05, 0) is 12.1 Å². The third kappa shape index (κ3) is 7.73. The molecule has 0 fully saturated rings. The van der Waals surface area contributed by atoms with Gasteiger partial charge in [0.25, 0.3) is 17.3 Å². The molecule has 0 saturated carbocycles. The molecule has 0 bridgehead atoms. The Morgan fingerprint density at radius 2 is 1.46 bits per heavy atom. The average molecular weight is 358 g/mol. The van der Waals surface area contributed by atoms with Crippen LogP contribution in [0.3, 0.4) is 0 Å². The minimum atomic E-state index is -2.61. The Balaban J connectivity index is 0.000000954. The van der Waals surface area contributed by atoms with Gasteiger partial charge in [-0.2, -0.15) is 4.21 Å². The van der Waals surface area contributed by atoms with E-state index in [0.717, 1.165) is 0 Å². The second-order valence-corrected chi connectivity index (χ2v) is 4.54. The fraction of sp³-hybridized carbons (Fsp3) is 0. The molecule has 0 spiro atoms. The van der Waals surface area contributed by atoms with E-state index in [1.54, 1.807) is 48.5 Å². The minimum Gasteiger partial charge on any atom is -0.319 e. The Kier molecular flexibility index (Phi) is 11.0. The zero-order valence-electron chi connectivity index (χ0n) is 12.7. The SMILES string of the molecule is O=CC(=O)Nc1ccccc1C(=O)c1ccccc1.O=S(O)O.[Na]. The van der Waals surface area contributed by atoms with Crippen molar-refractivity contribution in [2.75, 3.05) is 5.32 Å². The Labute approximate surface area is 162 Å². The van der Waals surface area contributed by atoms with Crippen LogP contribution in [-0.2, 0) is 21.0 Å². The molecule has 24 heavy (non-hydrogen) atoms. The summed E-state index contributed by atoms with van der Waals surface area (Å²) in [6, 6.07) is 15.3. The van der Waals surface area contributed by atoms with Crippen molar-refractivity contribution in [1.29, 1.82) is 0 Å². The van der Waals surface area contributed by atoms with Gasteiger partial charge in [0.2, 0.25) is 6.29 Å². The molecule has 0 aliphatic heterocycles. The van der Waals surface area contributed by atoms with Gasteiger partial charge in [0.1, 0.15) is 0 Å². The van der Waals surface area contributed by atoms with E-state index in [4.69, 9.17) is 13.3 Å². The van der Waals surface area contributed by atoms with Gasteiger partial charge in [-0.3, -0.25) is 23.5 Å². The number of rotatable bonds is 4. The van der Waals surface area contributed by atoms with Crippen molar-refractivity contribution < 1.29 is 27.7 Å². The standard InChI is InChI=1S/C15H11NO3.Na.H2O3S/c17-10-14(18)16-13-9-5-4-8-12(13)15(19)11-6-2-1-3-7-11;;1-4(2)3/h1-10H,(H,16,18);;(H2,1,2,3). The normalized spacial score (nSPS) is 9.12. The third-order valence-electron chi connectivity index (χ3n) is 2.57. The molecule has 7 nitrogen and oxygen atoms in total. The molecule has 0 unspecified atom stereocenters. The summed E-state index contributed by atoms with van der Waals surface area (Å²) in [5.41, 5.74) is 1.20. The maximum absolute atomic E-state index is 12.3. The molecule has 0 aliphatic carbocycles. The fourth-order valence-electron chi connectivity index (χ4n) is 1.70. The summed E-state index contributed by atoms with van der Waals surface area (Å²) in [6.07, 6.45) is 0.170. The van der Waals surface area contributed by atoms with Gasteiger partial charge >= 0.3 is 0 Å². The van der Waals surface area contributed by atoms with E-state index in [9.17, 15) is 14.4 Å². The van der Waals surface area contributed by atoms with Gasteiger partial charge in [-0.1, -0.05) is 42.5 Å². The fourth-order valence-corrected chi connectivity index (χ4v) is 1.70. The van der Waals surface area contributed by atoms with Crippen molar-refractivity contribution in [3.05, 3.63) is 65.7 Å². The number of carbonyl (C=O) groups excluding carboxylic acids is 3. The van der Waals surface area contributed by atoms with Crippen LogP contribution in [0.1, 0.15) is 15.9 Å². The van der Waals surface area contributed by atoms with Gasteiger partial charge < -0.3 is 5.32 Å². The third-order valence-corrected chi connectivity index (χ3v) is 2.57. The molecule has 3 N–H and O–H groups in total. The van der Waals surface area contributed by atoms with Crippen LogP contribution in [-0.4, -0.2) is 60.8 Å². The van der Waals surface area contributed by atoms with E-state index in [1.165, 1.54) is 0 Å². The van der Waals surface area contributed by atoms with Gasteiger partial charge in [-0.15, -0.1) is 0 Å². The van der Waals surface area contributed by atoms with Crippen LogP contribution in [0.25, 0.3) is 0 Å². The molecule has 0 aromatic heterocycles. The summed E-state index contributed by atoms with van der Waals surface area (Å²) >= 11 is -2.61. The maximum atomic E-state index is 12.3. The van der Waals surface area contributed by atoms with E-state index < -0.39 is 17.3 Å². The quantitative estimate of drug-likeness (QED) is 0.249. The molecule has 9 heteroatoms. The monoisotopic (exact) mass is 358 g/mol. The van der Waals surface area contributed by atoms with Crippen molar-refractivity contribution in [3.8, 4) is 0 Å². The summed E-state index contributed by atoms with van der Waals surface area (Å²) in [5.74, 6) is -0.990. The number of hydrogen-bond acceptors (Lipinski definition) is 4. The van der Waals surface area contributed by atoms with Crippen LogP contribution in [0.2, 0.25) is 0 Å². The van der Waals surface area contributed by atoms with E-state index in [-0.39, 0.29) is 41.6 Å². The average Bonchev–Trinajstić information content (AvgIpc) is 2.55. The summed E-state index contributed by atoms with van der Waals surface area (Å²) in [6.45, 7) is 0. The Morgan fingerprint density at radius 3 is 2.00 bits per heavy atom. The molecule has 0 atom stereocenters. The number of aldehydes is 1. The van der Waals surface area contributed by atoms with Crippen molar-refractivity contribution in [2.24, 2.45) is 0 Å². The molecule has 2 aromatic rings. The number of carbonyl (C=O) groups is 3. The van der Waals surface area contributed by atoms with Crippen LogP contribution >= 0.6 is 0 Å². The zero-order chi connectivity index (χ0) is 17.2. The molecular formula is C15H13NNaO6S. The number of nitrogens with one attached hydrogen (secondary N) is 1. The number of para-hydroxylation sites is 1. The van der Waals surface area contributed by atoms with Crippen LogP contribution in [0.5, 0.6) is 0 Å². The number of ketones is 1. The molecule has 2 aromatic carbocycles. The van der Waals surface area contributed by atoms with Gasteiger partial charge in [0.05, 0.1) is 5.69 Å². The summed E-state index contributed by atoms with van der Waals surface area (Å²) in [4.78, 5) is 33.8. The van der Waals surface area contributed by atoms with Crippen LogP contribution in [0, 0.1) is 0 Å². The molecule has 1 amide bonds. The number of benzene rings is 2. The number of amides is 1. The largest absolute Gasteiger partial charge is 0.319 e. The number of anilines is 1. The van der Waals surface area contributed by atoms with Gasteiger partial charge in [0, 0.05) is 40.7 Å². The summed E-state index contributed by atoms with van der Waals surface area (Å²) in [5, 5.41) is 2.38. The Morgan fingerprint density at radius 1 is 0.958 bits per heavy atom. The van der Waals surface area contributed by atoms with Crippen molar-refractivity contribution >= 4 is 64.6 Å². The Hall–Kier alpha value is -1.68. The summed E-state index contributed by atoms with van der Waals surface area (Å²) in [7, 11) is 0. The van der Waals surface area contributed by atoms with E-state index in [1.807, 2.05) is 6.07 Å². The molecule has 0 aliphatic rings. The second kappa shape index (κ2) is 11.8. The van der Waals surface area contributed by atoms with Crippen LogP contribution in [0.15, 0.2) is 54.6 Å². The van der Waals surface area contributed by atoms with Crippen molar-refractivity contribution in [2.45, 2.75) is 0 Å². The maximum Gasteiger partial charge on any atom is 0.299 e. The molecule has 1 radical (unpaired) electrons. The molecule has 0 heterocycles. The van der Waals surface area contributed by atoms with Crippen molar-refractivity contribution in [1.82, 2.24) is 0 Å². The predicted molar refractivity (Wildman–Crippen MR) is 90.2 cm³/mol. The smallest absolute Gasteiger partial charge is 0.299 e. The topological polar surface area (TPSA) is 121 Å². The zero-order valence-corrected chi connectivity index (χ0v) is 15.5. The minimum absolute atomic E-state index is 0. The first kappa shape index (κ1) is 22.3. The van der Waals surface area contributed by atoms with Gasteiger partial charge in [0.15, 0.2) is 5.78 Å². The molecule has 121 valence electrons. The summed E-state index contributed by atoms with van der Waals surface area (Å²) < 4.78 is 22.8.